The van der Waals surface area contributed by atoms with Gasteiger partial charge in [-0.1, -0.05) is 26.7 Å². The molecule has 20 heavy (non-hydrogen) atoms. The SMILES string of the molecule is CCCC1CCCN(C2CC(C)CCC2C(=O)O)CC1. The average molecular weight is 281 g/mol. The van der Waals surface area contributed by atoms with Crippen molar-refractivity contribution >= 4 is 5.97 Å². The monoisotopic (exact) mass is 281 g/mol. The molecule has 4 unspecified atom stereocenters. The topological polar surface area (TPSA) is 40.5 Å². The van der Waals surface area contributed by atoms with Crippen molar-refractivity contribution in [2.24, 2.45) is 17.8 Å². The van der Waals surface area contributed by atoms with Crippen molar-refractivity contribution in [2.45, 2.75) is 71.3 Å². The summed E-state index contributed by atoms with van der Waals surface area (Å²) in [6.07, 6.45) is 9.52. The molecule has 1 aliphatic heterocycles. The molecule has 2 fully saturated rings. The molecule has 0 aromatic rings. The molecular formula is C17H31NO2. The van der Waals surface area contributed by atoms with Gasteiger partial charge in [0, 0.05) is 6.04 Å². The lowest BCUT2D eigenvalue weighted by Crippen LogP contribution is -2.47. The van der Waals surface area contributed by atoms with Crippen LogP contribution in [-0.4, -0.2) is 35.1 Å². The van der Waals surface area contributed by atoms with Gasteiger partial charge in [-0.2, -0.15) is 0 Å². The lowest BCUT2D eigenvalue weighted by Gasteiger charge is -2.40. The minimum atomic E-state index is -0.573. The third-order valence-electron chi connectivity index (χ3n) is 5.44. The van der Waals surface area contributed by atoms with Crippen LogP contribution in [0.4, 0.5) is 0 Å². The van der Waals surface area contributed by atoms with Crippen molar-refractivity contribution in [3.05, 3.63) is 0 Å². The van der Waals surface area contributed by atoms with Crippen molar-refractivity contribution in [1.82, 2.24) is 4.90 Å². The summed E-state index contributed by atoms with van der Waals surface area (Å²) in [5.41, 5.74) is 0. The van der Waals surface area contributed by atoms with E-state index < -0.39 is 5.97 Å². The lowest BCUT2D eigenvalue weighted by molar-refractivity contribution is -0.146. The van der Waals surface area contributed by atoms with E-state index in [0.29, 0.717) is 5.92 Å². The van der Waals surface area contributed by atoms with E-state index in [1.807, 2.05) is 0 Å². The van der Waals surface area contributed by atoms with Crippen LogP contribution in [0.3, 0.4) is 0 Å². The van der Waals surface area contributed by atoms with Gasteiger partial charge in [-0.05, 0) is 63.5 Å². The van der Waals surface area contributed by atoms with Gasteiger partial charge < -0.3 is 5.11 Å². The number of likely N-dealkylation sites (tertiary alicyclic amines) is 1. The van der Waals surface area contributed by atoms with Crippen LogP contribution in [0, 0.1) is 17.8 Å². The molecule has 2 rings (SSSR count). The van der Waals surface area contributed by atoms with E-state index in [9.17, 15) is 9.90 Å². The number of rotatable bonds is 4. The highest BCUT2D eigenvalue weighted by molar-refractivity contribution is 5.71. The molecule has 0 spiro atoms. The molecule has 1 aliphatic carbocycles. The summed E-state index contributed by atoms with van der Waals surface area (Å²) in [5, 5.41) is 9.51. The fourth-order valence-electron chi connectivity index (χ4n) is 4.26. The third kappa shape index (κ3) is 3.97. The Labute approximate surface area is 123 Å². The first kappa shape index (κ1) is 15.8. The van der Waals surface area contributed by atoms with Crippen LogP contribution in [0.15, 0.2) is 0 Å². The van der Waals surface area contributed by atoms with E-state index in [2.05, 4.69) is 18.7 Å². The summed E-state index contributed by atoms with van der Waals surface area (Å²) >= 11 is 0. The summed E-state index contributed by atoms with van der Waals surface area (Å²) in [5.74, 6) is 0.852. The lowest BCUT2D eigenvalue weighted by atomic mass is 9.78. The molecule has 116 valence electrons. The van der Waals surface area contributed by atoms with E-state index in [-0.39, 0.29) is 12.0 Å². The van der Waals surface area contributed by atoms with Gasteiger partial charge in [-0.3, -0.25) is 9.69 Å². The van der Waals surface area contributed by atoms with Gasteiger partial charge >= 0.3 is 5.97 Å². The first-order chi connectivity index (χ1) is 9.61. The summed E-state index contributed by atoms with van der Waals surface area (Å²) in [7, 11) is 0. The van der Waals surface area contributed by atoms with Crippen LogP contribution in [0.25, 0.3) is 0 Å². The second-order valence-corrected chi connectivity index (χ2v) is 7.05. The summed E-state index contributed by atoms with van der Waals surface area (Å²) < 4.78 is 0. The Hall–Kier alpha value is -0.570. The predicted octanol–water partition coefficient (Wildman–Crippen LogP) is 3.78. The molecule has 3 heteroatoms. The van der Waals surface area contributed by atoms with Gasteiger partial charge in [0.1, 0.15) is 0 Å². The highest BCUT2D eigenvalue weighted by Crippen LogP contribution is 2.34. The average Bonchev–Trinajstić information content (AvgIpc) is 2.64. The summed E-state index contributed by atoms with van der Waals surface area (Å²) in [4.78, 5) is 14.1. The number of hydrogen-bond donors (Lipinski definition) is 1. The van der Waals surface area contributed by atoms with Gasteiger partial charge in [-0.15, -0.1) is 0 Å². The molecule has 0 aromatic heterocycles. The number of nitrogens with zero attached hydrogens (tertiary/aromatic N) is 1. The van der Waals surface area contributed by atoms with Crippen LogP contribution < -0.4 is 0 Å². The molecule has 0 bridgehead atoms. The molecule has 1 saturated carbocycles. The van der Waals surface area contributed by atoms with Crippen molar-refractivity contribution in [3.63, 3.8) is 0 Å². The van der Waals surface area contributed by atoms with Crippen LogP contribution >= 0.6 is 0 Å². The number of carboxylic acid groups (broad SMARTS) is 1. The van der Waals surface area contributed by atoms with Gasteiger partial charge in [0.15, 0.2) is 0 Å². The Morgan fingerprint density at radius 3 is 2.70 bits per heavy atom. The molecular weight excluding hydrogens is 250 g/mol. The Bertz CT molecular complexity index is 318. The van der Waals surface area contributed by atoms with E-state index >= 15 is 0 Å². The van der Waals surface area contributed by atoms with E-state index in [0.717, 1.165) is 38.3 Å². The maximum absolute atomic E-state index is 11.5. The van der Waals surface area contributed by atoms with Crippen molar-refractivity contribution < 1.29 is 9.90 Å². The first-order valence-corrected chi connectivity index (χ1v) is 8.58. The van der Waals surface area contributed by atoms with Gasteiger partial charge in [0.05, 0.1) is 5.92 Å². The molecule has 4 atom stereocenters. The molecule has 0 radical (unpaired) electrons. The highest BCUT2D eigenvalue weighted by Gasteiger charge is 2.37. The molecule has 3 nitrogen and oxygen atoms in total. The van der Waals surface area contributed by atoms with E-state index in [4.69, 9.17) is 0 Å². The van der Waals surface area contributed by atoms with Crippen molar-refractivity contribution in [2.75, 3.05) is 13.1 Å². The quantitative estimate of drug-likeness (QED) is 0.852. The van der Waals surface area contributed by atoms with Gasteiger partial charge in [0.25, 0.3) is 0 Å². The molecule has 1 N–H and O–H groups in total. The number of carbonyl (C=O) groups is 1. The fraction of sp³-hybridized carbons (Fsp3) is 0.941. The Morgan fingerprint density at radius 2 is 2.00 bits per heavy atom. The molecule has 2 aliphatic rings. The second kappa shape index (κ2) is 7.44. The van der Waals surface area contributed by atoms with Crippen LogP contribution in [0.5, 0.6) is 0 Å². The summed E-state index contributed by atoms with van der Waals surface area (Å²) in [6.45, 7) is 6.78. The second-order valence-electron chi connectivity index (χ2n) is 7.05. The third-order valence-corrected chi connectivity index (χ3v) is 5.44. The number of hydrogen-bond acceptors (Lipinski definition) is 2. The van der Waals surface area contributed by atoms with Crippen molar-refractivity contribution in [1.29, 1.82) is 0 Å². The highest BCUT2D eigenvalue weighted by atomic mass is 16.4. The molecule has 0 aromatic carbocycles. The molecule has 1 saturated heterocycles. The predicted molar refractivity (Wildman–Crippen MR) is 81.8 cm³/mol. The summed E-state index contributed by atoms with van der Waals surface area (Å²) in [6, 6.07) is 0.289. The smallest absolute Gasteiger partial charge is 0.308 e. The first-order valence-electron chi connectivity index (χ1n) is 8.58. The minimum absolute atomic E-state index is 0.131. The fourth-order valence-corrected chi connectivity index (χ4v) is 4.26. The Kier molecular flexibility index (Phi) is 5.88. The van der Waals surface area contributed by atoms with Crippen LogP contribution in [0.2, 0.25) is 0 Å². The minimum Gasteiger partial charge on any atom is -0.481 e. The van der Waals surface area contributed by atoms with Gasteiger partial charge in [0.2, 0.25) is 0 Å². The largest absolute Gasteiger partial charge is 0.481 e. The van der Waals surface area contributed by atoms with E-state index in [1.54, 1.807) is 0 Å². The Morgan fingerprint density at radius 1 is 1.20 bits per heavy atom. The maximum Gasteiger partial charge on any atom is 0.308 e. The Balaban J connectivity index is 1.98. The van der Waals surface area contributed by atoms with E-state index in [1.165, 1.54) is 32.1 Å². The van der Waals surface area contributed by atoms with Gasteiger partial charge in [-0.25, -0.2) is 0 Å². The number of carboxylic acids is 1. The van der Waals surface area contributed by atoms with Crippen LogP contribution in [0.1, 0.15) is 65.2 Å². The zero-order valence-corrected chi connectivity index (χ0v) is 13.2. The standard InChI is InChI=1S/C17H31NO2/c1-3-5-14-6-4-10-18(11-9-14)16-12-13(2)7-8-15(16)17(19)20/h13-16H,3-12H2,1-2H3,(H,19,20). The zero-order valence-electron chi connectivity index (χ0n) is 13.2. The van der Waals surface area contributed by atoms with Crippen molar-refractivity contribution in [3.8, 4) is 0 Å². The normalized spacial score (nSPS) is 36.5. The molecule has 1 heterocycles. The molecule has 0 amide bonds. The number of aliphatic carboxylic acids is 1. The zero-order chi connectivity index (χ0) is 14.5. The maximum atomic E-state index is 11.5. The van der Waals surface area contributed by atoms with Crippen LogP contribution in [-0.2, 0) is 4.79 Å².